The predicted molar refractivity (Wildman–Crippen MR) is 41.3 cm³/mol. The molecule has 4 heteroatoms. The fourth-order valence-electron chi connectivity index (χ4n) is 0.955. The number of Topliss-reactive ketones (excluding diaryl/α,β-unsaturated/α-hetero) is 2. The largest absolute Gasteiger partial charge is 0.298 e. The zero-order valence-corrected chi connectivity index (χ0v) is 6.94. The summed E-state index contributed by atoms with van der Waals surface area (Å²) in [5, 5.41) is -0.276. The quantitative estimate of drug-likeness (QED) is 0.566. The number of hydrogen-bond donors (Lipinski definition) is 0. The van der Waals surface area contributed by atoms with Crippen LogP contribution in [-0.4, -0.2) is 22.4 Å². The van der Waals surface area contributed by atoms with Gasteiger partial charge in [0.05, 0.1) is 5.75 Å². The zero-order valence-electron chi connectivity index (χ0n) is 6.12. The Hall–Kier alpha value is -0.640. The lowest BCUT2D eigenvalue weighted by Gasteiger charge is -1.99. The lowest BCUT2D eigenvalue weighted by Crippen LogP contribution is -2.24. The maximum absolute atomic E-state index is 11.0. The molecule has 0 bridgehead atoms. The normalized spacial score (nSPS) is 24.3. The summed E-state index contributed by atoms with van der Waals surface area (Å²) in [6.45, 7) is 1.66. The molecule has 0 aromatic rings. The van der Waals surface area contributed by atoms with Crippen molar-refractivity contribution in [2.24, 2.45) is 5.92 Å². The van der Waals surface area contributed by atoms with Gasteiger partial charge in [-0.1, -0.05) is 18.7 Å². The molecule has 0 amide bonds. The van der Waals surface area contributed by atoms with E-state index in [0.717, 1.165) is 11.8 Å². The smallest absolute Gasteiger partial charge is 0.207 e. The number of carbonyl (C=O) groups is 3. The van der Waals surface area contributed by atoms with Gasteiger partial charge in [-0.05, 0) is 0 Å². The molecule has 0 aromatic carbocycles. The third-order valence-electron chi connectivity index (χ3n) is 1.58. The highest BCUT2D eigenvalue weighted by molar-refractivity contribution is 8.15. The summed E-state index contributed by atoms with van der Waals surface area (Å²) in [6.07, 6.45) is 0.267. The van der Waals surface area contributed by atoms with Crippen molar-refractivity contribution in [2.45, 2.75) is 13.3 Å². The van der Waals surface area contributed by atoms with E-state index in [1.165, 1.54) is 0 Å². The van der Waals surface area contributed by atoms with E-state index < -0.39 is 5.92 Å². The van der Waals surface area contributed by atoms with E-state index in [-0.39, 0.29) is 28.9 Å². The monoisotopic (exact) mass is 172 g/mol. The summed E-state index contributed by atoms with van der Waals surface area (Å²) in [4.78, 5) is 32.8. The van der Waals surface area contributed by atoms with E-state index >= 15 is 0 Å². The highest BCUT2D eigenvalue weighted by Gasteiger charge is 2.38. The van der Waals surface area contributed by atoms with Crippen molar-refractivity contribution >= 4 is 28.4 Å². The third-order valence-corrected chi connectivity index (χ3v) is 2.53. The molecule has 0 saturated carbocycles. The molecule has 0 aromatic heterocycles. The van der Waals surface area contributed by atoms with Crippen LogP contribution < -0.4 is 0 Å². The van der Waals surface area contributed by atoms with Crippen LogP contribution in [0.5, 0.6) is 0 Å². The molecule has 1 aliphatic rings. The van der Waals surface area contributed by atoms with Crippen molar-refractivity contribution in [3.8, 4) is 0 Å². The van der Waals surface area contributed by atoms with E-state index in [1.54, 1.807) is 6.92 Å². The van der Waals surface area contributed by atoms with Gasteiger partial charge in [0.25, 0.3) is 0 Å². The standard InChI is InChI=1S/C7H8O3S/c1-2-4(8)6-5(9)3-11-7(6)10/h6H,2-3H2,1H3. The number of hydrogen-bond acceptors (Lipinski definition) is 4. The van der Waals surface area contributed by atoms with Gasteiger partial charge < -0.3 is 0 Å². The molecule has 0 spiro atoms. The van der Waals surface area contributed by atoms with E-state index in [4.69, 9.17) is 0 Å². The fraction of sp³-hybridized carbons (Fsp3) is 0.571. The Bertz CT molecular complexity index is 206. The molecule has 1 saturated heterocycles. The van der Waals surface area contributed by atoms with Gasteiger partial charge in [-0.15, -0.1) is 0 Å². The van der Waals surface area contributed by atoms with Gasteiger partial charge in [-0.3, -0.25) is 14.4 Å². The van der Waals surface area contributed by atoms with Crippen molar-refractivity contribution in [3.05, 3.63) is 0 Å². The van der Waals surface area contributed by atoms with Gasteiger partial charge in [0, 0.05) is 6.42 Å². The summed E-state index contributed by atoms with van der Waals surface area (Å²) in [5.41, 5.74) is 0. The van der Waals surface area contributed by atoms with Crippen LogP contribution in [0.15, 0.2) is 0 Å². The first kappa shape index (κ1) is 8.46. The molecular formula is C7H8O3S. The second kappa shape index (κ2) is 3.17. The fourth-order valence-corrected chi connectivity index (χ4v) is 1.84. The first-order chi connectivity index (χ1) is 5.16. The Kier molecular flexibility index (Phi) is 2.44. The molecule has 1 rings (SSSR count). The second-order valence-electron chi connectivity index (χ2n) is 2.33. The van der Waals surface area contributed by atoms with E-state index in [0.29, 0.717) is 0 Å². The van der Waals surface area contributed by atoms with Gasteiger partial charge in [-0.2, -0.15) is 0 Å². The number of carbonyl (C=O) groups excluding carboxylic acids is 3. The van der Waals surface area contributed by atoms with E-state index in [2.05, 4.69) is 0 Å². The first-order valence-electron chi connectivity index (χ1n) is 3.39. The molecule has 1 heterocycles. The van der Waals surface area contributed by atoms with Crippen molar-refractivity contribution in [3.63, 3.8) is 0 Å². The minimum atomic E-state index is -0.940. The Labute approximate surface area is 68.5 Å². The topological polar surface area (TPSA) is 51.2 Å². The minimum Gasteiger partial charge on any atom is -0.298 e. The minimum absolute atomic E-state index is 0.176. The Balaban J connectivity index is 2.76. The van der Waals surface area contributed by atoms with E-state index in [9.17, 15) is 14.4 Å². The third kappa shape index (κ3) is 1.50. The predicted octanol–water partition coefficient (Wildman–Crippen LogP) is 0.424. The maximum Gasteiger partial charge on any atom is 0.207 e. The van der Waals surface area contributed by atoms with Crippen LogP contribution in [0.1, 0.15) is 13.3 Å². The summed E-state index contributed by atoms with van der Waals surface area (Å²) >= 11 is 0.948. The van der Waals surface area contributed by atoms with Crippen LogP contribution in [-0.2, 0) is 14.4 Å². The van der Waals surface area contributed by atoms with Gasteiger partial charge in [0.2, 0.25) is 5.12 Å². The highest BCUT2D eigenvalue weighted by Crippen LogP contribution is 2.23. The van der Waals surface area contributed by atoms with Crippen LogP contribution >= 0.6 is 11.8 Å². The summed E-state index contributed by atoms with van der Waals surface area (Å²) in [6, 6.07) is 0. The van der Waals surface area contributed by atoms with Gasteiger partial charge in [0.1, 0.15) is 5.92 Å². The molecular weight excluding hydrogens is 164 g/mol. The average Bonchev–Trinajstić information content (AvgIpc) is 2.30. The van der Waals surface area contributed by atoms with Crippen molar-refractivity contribution in [1.82, 2.24) is 0 Å². The SMILES string of the molecule is CCC(=O)C1C(=O)CSC1=O. The molecule has 1 atom stereocenters. The second-order valence-corrected chi connectivity index (χ2v) is 3.31. The van der Waals surface area contributed by atoms with Crippen LogP contribution in [0.3, 0.4) is 0 Å². The molecule has 1 unspecified atom stereocenters. The van der Waals surface area contributed by atoms with Gasteiger partial charge in [0.15, 0.2) is 11.6 Å². The van der Waals surface area contributed by atoms with Gasteiger partial charge in [-0.25, -0.2) is 0 Å². The molecule has 0 aliphatic carbocycles. The summed E-state index contributed by atoms with van der Waals surface area (Å²) in [5.74, 6) is -1.24. The number of rotatable bonds is 2. The zero-order chi connectivity index (χ0) is 8.43. The van der Waals surface area contributed by atoms with Gasteiger partial charge >= 0.3 is 0 Å². The van der Waals surface area contributed by atoms with Crippen LogP contribution in [0.4, 0.5) is 0 Å². The number of ketones is 2. The van der Waals surface area contributed by atoms with Crippen LogP contribution in [0, 0.1) is 5.92 Å². The Morgan fingerprint density at radius 3 is 2.64 bits per heavy atom. The lowest BCUT2D eigenvalue weighted by atomic mass is 10.0. The first-order valence-corrected chi connectivity index (χ1v) is 4.37. The molecule has 0 radical (unpaired) electrons. The number of thioether (sulfide) groups is 1. The summed E-state index contributed by atoms with van der Waals surface area (Å²) < 4.78 is 0. The molecule has 11 heavy (non-hydrogen) atoms. The molecule has 0 N–H and O–H groups in total. The molecule has 3 nitrogen and oxygen atoms in total. The van der Waals surface area contributed by atoms with Crippen LogP contribution in [0.2, 0.25) is 0 Å². The molecule has 60 valence electrons. The summed E-state index contributed by atoms with van der Waals surface area (Å²) in [7, 11) is 0. The Morgan fingerprint density at radius 1 is 1.64 bits per heavy atom. The van der Waals surface area contributed by atoms with Crippen molar-refractivity contribution < 1.29 is 14.4 Å². The molecule has 1 fully saturated rings. The maximum atomic E-state index is 11.0. The average molecular weight is 172 g/mol. The molecule has 1 aliphatic heterocycles. The van der Waals surface area contributed by atoms with E-state index in [1.807, 2.05) is 0 Å². The van der Waals surface area contributed by atoms with Crippen molar-refractivity contribution in [1.29, 1.82) is 0 Å². The van der Waals surface area contributed by atoms with Crippen LogP contribution in [0.25, 0.3) is 0 Å². The Morgan fingerprint density at radius 2 is 2.27 bits per heavy atom. The lowest BCUT2D eigenvalue weighted by molar-refractivity contribution is -0.134. The highest BCUT2D eigenvalue weighted by atomic mass is 32.2. The van der Waals surface area contributed by atoms with Crippen molar-refractivity contribution in [2.75, 3.05) is 5.75 Å².